The fraction of sp³-hybridized carbons (Fsp3) is 0.250. The van der Waals surface area contributed by atoms with Crippen LogP contribution in [-0.2, 0) is 13.1 Å². The lowest BCUT2D eigenvalue weighted by molar-refractivity contribution is 0.450. The number of rotatable bonds is 9. The van der Waals surface area contributed by atoms with Crippen LogP contribution in [0.25, 0.3) is 0 Å². The molecule has 2 heterocycles. The van der Waals surface area contributed by atoms with Gasteiger partial charge in [-0.05, 0) is 49.2 Å². The van der Waals surface area contributed by atoms with Gasteiger partial charge in [-0.15, -0.1) is 0 Å². The molecule has 4 rings (SSSR count). The third-order valence-corrected chi connectivity index (χ3v) is 5.54. The number of benzene rings is 2. The van der Waals surface area contributed by atoms with E-state index < -0.39 is 0 Å². The summed E-state index contributed by atoms with van der Waals surface area (Å²) in [5.41, 5.74) is 14.5. The van der Waals surface area contributed by atoms with E-state index >= 15 is 0 Å². The van der Waals surface area contributed by atoms with E-state index in [-0.39, 0.29) is 11.5 Å². The topological polar surface area (TPSA) is 127 Å². The monoisotopic (exact) mass is 432 g/mol. The van der Waals surface area contributed by atoms with E-state index in [9.17, 15) is 10.2 Å². The van der Waals surface area contributed by atoms with E-state index in [4.69, 9.17) is 11.5 Å². The summed E-state index contributed by atoms with van der Waals surface area (Å²) in [7, 11) is 0. The van der Waals surface area contributed by atoms with Gasteiger partial charge in [0.05, 0.1) is 12.8 Å². The first kappa shape index (κ1) is 21.3. The summed E-state index contributed by atoms with van der Waals surface area (Å²) < 4.78 is 0. The summed E-state index contributed by atoms with van der Waals surface area (Å²) in [6, 6.07) is 10.2. The highest BCUT2D eigenvalue weighted by Crippen LogP contribution is 2.24. The molecular formula is C24H28N6O2+2. The average molecular weight is 433 g/mol. The van der Waals surface area contributed by atoms with Gasteiger partial charge in [-0.1, -0.05) is 9.98 Å². The van der Waals surface area contributed by atoms with Crippen LogP contribution in [0.3, 0.4) is 0 Å². The van der Waals surface area contributed by atoms with Gasteiger partial charge in [0, 0.05) is 22.5 Å². The first-order chi connectivity index (χ1) is 15.5. The average Bonchev–Trinajstić information content (AvgIpc) is 3.40. The number of hydrogen-bond acceptors (Lipinski definition) is 8. The molecule has 6 N–H and O–H groups in total. The van der Waals surface area contributed by atoms with Crippen LogP contribution < -0.4 is 21.5 Å². The standard InChI is InChI=1S/C24H28N6O2/c25-19-5-7-21(31)17(13-19)15-29-11-9-27-23(29)3-1-2-4-24-28-10-12-30(24)16-18-14-20(26)6-8-22(18)32/h5-14,31-32H,1-4,15-16,25-26H2/q+2. The van der Waals surface area contributed by atoms with Crippen LogP contribution in [0.4, 0.5) is 11.4 Å². The minimum absolute atomic E-state index is 0.233. The van der Waals surface area contributed by atoms with Gasteiger partial charge in [0.25, 0.3) is 11.7 Å². The number of phenolic OH excluding ortho intramolecular Hbond substituents is 2. The predicted octanol–water partition coefficient (Wildman–Crippen LogP) is 2.57. The van der Waals surface area contributed by atoms with Gasteiger partial charge in [0.15, 0.2) is 12.4 Å². The number of amidine groups is 2. The number of nitrogen functional groups attached to an aromatic ring is 2. The van der Waals surface area contributed by atoms with Crippen molar-refractivity contribution in [3.8, 4) is 11.5 Å². The van der Waals surface area contributed by atoms with E-state index in [0.29, 0.717) is 24.5 Å². The van der Waals surface area contributed by atoms with Crippen molar-refractivity contribution in [3.63, 3.8) is 0 Å². The maximum atomic E-state index is 10.1. The molecule has 164 valence electrons. The molecule has 32 heavy (non-hydrogen) atoms. The fourth-order valence-electron chi connectivity index (χ4n) is 3.82. The molecule has 0 bridgehead atoms. The van der Waals surface area contributed by atoms with Gasteiger partial charge in [-0.2, -0.15) is 0 Å². The van der Waals surface area contributed by atoms with E-state index in [2.05, 4.69) is 9.98 Å². The largest absolute Gasteiger partial charge is 0.508 e. The normalized spacial score (nSPS) is 14.9. The van der Waals surface area contributed by atoms with Crippen molar-refractivity contribution >= 4 is 23.0 Å². The van der Waals surface area contributed by atoms with Crippen LogP contribution in [0.2, 0.25) is 0 Å². The Kier molecular flexibility index (Phi) is 6.30. The number of nitrogens with two attached hydrogens (primary N) is 2. The summed E-state index contributed by atoms with van der Waals surface area (Å²) in [4.78, 5) is 13.0. The molecule has 2 aromatic carbocycles. The molecule has 2 aliphatic rings. The van der Waals surface area contributed by atoms with E-state index in [0.717, 1.165) is 48.5 Å². The molecular weight excluding hydrogens is 404 g/mol. The van der Waals surface area contributed by atoms with Crippen LogP contribution >= 0.6 is 0 Å². The summed E-state index contributed by atoms with van der Waals surface area (Å²) in [5.74, 6) is 2.41. The summed E-state index contributed by atoms with van der Waals surface area (Å²) in [5, 5.41) is 20.2. The first-order valence-electron chi connectivity index (χ1n) is 10.6. The Morgan fingerprint density at radius 1 is 0.688 bits per heavy atom. The molecule has 8 nitrogen and oxygen atoms in total. The molecule has 0 atom stereocenters. The smallest absolute Gasteiger partial charge is 0.298 e. The third kappa shape index (κ3) is 5.03. The number of aromatic hydroxyl groups is 2. The van der Waals surface area contributed by atoms with Crippen molar-refractivity contribution < 1.29 is 10.2 Å². The van der Waals surface area contributed by atoms with Gasteiger partial charge in [0.1, 0.15) is 37.0 Å². The Labute approximate surface area is 187 Å². The highest BCUT2D eigenvalue weighted by atomic mass is 16.3. The maximum absolute atomic E-state index is 10.1. The lowest BCUT2D eigenvalue weighted by Gasteiger charge is -2.13. The van der Waals surface area contributed by atoms with Gasteiger partial charge >= 0.3 is 0 Å². The van der Waals surface area contributed by atoms with E-state index in [1.165, 1.54) is 0 Å². The molecule has 2 radical (unpaired) electrons. The van der Waals surface area contributed by atoms with Crippen molar-refractivity contribution in [1.82, 2.24) is 19.8 Å². The van der Waals surface area contributed by atoms with Gasteiger partial charge in [0.2, 0.25) is 0 Å². The number of hydrogen-bond donors (Lipinski definition) is 4. The van der Waals surface area contributed by atoms with Crippen LogP contribution in [0.15, 0.2) is 61.2 Å². The number of unbranched alkanes of at least 4 members (excludes halogenated alkanes) is 1. The second-order valence-corrected chi connectivity index (χ2v) is 7.93. The highest BCUT2D eigenvalue weighted by molar-refractivity contribution is 5.85. The molecule has 2 aliphatic heterocycles. The lowest BCUT2D eigenvalue weighted by Crippen LogP contribution is -2.26. The highest BCUT2D eigenvalue weighted by Gasteiger charge is 2.27. The maximum Gasteiger partial charge on any atom is 0.298 e. The zero-order valence-corrected chi connectivity index (χ0v) is 17.9. The first-order valence-corrected chi connectivity index (χ1v) is 10.6. The quantitative estimate of drug-likeness (QED) is 0.274. The van der Waals surface area contributed by atoms with Gasteiger partial charge < -0.3 is 21.7 Å². The minimum Gasteiger partial charge on any atom is -0.508 e. The van der Waals surface area contributed by atoms with Crippen molar-refractivity contribution in [3.05, 3.63) is 72.3 Å². The third-order valence-electron chi connectivity index (χ3n) is 5.54. The van der Waals surface area contributed by atoms with Crippen LogP contribution in [0.1, 0.15) is 36.8 Å². The molecule has 0 spiro atoms. The molecule has 0 fully saturated rings. The Hall–Kier alpha value is -3.94. The molecule has 0 saturated heterocycles. The van der Waals surface area contributed by atoms with Crippen LogP contribution in [0.5, 0.6) is 11.5 Å². The molecule has 8 heteroatoms. The van der Waals surface area contributed by atoms with E-state index in [1.807, 2.05) is 22.2 Å². The molecule has 0 aromatic heterocycles. The zero-order chi connectivity index (χ0) is 22.5. The Balaban J connectivity index is 1.26. The Morgan fingerprint density at radius 3 is 1.56 bits per heavy atom. The van der Waals surface area contributed by atoms with Crippen molar-refractivity contribution in [2.24, 2.45) is 0 Å². The predicted molar refractivity (Wildman–Crippen MR) is 127 cm³/mol. The van der Waals surface area contributed by atoms with Crippen LogP contribution in [-0.4, -0.2) is 31.7 Å². The fourth-order valence-corrected chi connectivity index (χ4v) is 3.82. The van der Waals surface area contributed by atoms with Crippen LogP contribution in [0, 0.1) is 0 Å². The summed E-state index contributed by atoms with van der Waals surface area (Å²) in [6.45, 7) is 1.06. The zero-order valence-electron chi connectivity index (χ0n) is 17.9. The summed E-state index contributed by atoms with van der Waals surface area (Å²) >= 11 is 0. The molecule has 0 unspecified atom stereocenters. The SMILES string of the molecule is Nc1ccc(O)c(CN2C=C[N+]=C2CCCCC2=[N+]C=CN2Cc2cc(N)ccc2O)c1. The Bertz CT molecular complexity index is 1020. The second kappa shape index (κ2) is 9.47. The molecule has 2 aromatic rings. The minimum atomic E-state index is 0.233. The molecule has 0 aliphatic carbocycles. The lowest BCUT2D eigenvalue weighted by atomic mass is 10.1. The number of nitrogens with zero attached hydrogens (tertiary/aromatic N) is 4. The molecule has 0 amide bonds. The van der Waals surface area contributed by atoms with Gasteiger partial charge in [-0.25, -0.2) is 9.80 Å². The van der Waals surface area contributed by atoms with E-state index in [1.54, 1.807) is 48.8 Å². The van der Waals surface area contributed by atoms with Crippen molar-refractivity contribution in [1.29, 1.82) is 0 Å². The molecule has 0 saturated carbocycles. The number of phenols is 2. The Morgan fingerprint density at radius 2 is 1.12 bits per heavy atom. The van der Waals surface area contributed by atoms with Crippen molar-refractivity contribution in [2.75, 3.05) is 11.5 Å². The number of anilines is 2. The summed E-state index contributed by atoms with van der Waals surface area (Å²) in [6.07, 6.45) is 11.0. The van der Waals surface area contributed by atoms with Gasteiger partial charge in [-0.3, -0.25) is 0 Å². The second-order valence-electron chi connectivity index (χ2n) is 7.93. The van der Waals surface area contributed by atoms with Crippen molar-refractivity contribution in [2.45, 2.75) is 38.8 Å². The number of aliphatic imine (C=N–C) groups is 2.